The molecule has 2 N–H and O–H groups in total. The molecule has 0 amide bonds. The fourth-order valence-corrected chi connectivity index (χ4v) is 6.31. The van der Waals surface area contributed by atoms with E-state index in [0.29, 0.717) is 11.3 Å². The minimum Gasteiger partial charge on any atom is -0.507 e. The van der Waals surface area contributed by atoms with Crippen LogP contribution in [0.4, 0.5) is 0 Å². The first-order valence-electron chi connectivity index (χ1n) is 10.8. The van der Waals surface area contributed by atoms with Crippen molar-refractivity contribution in [2.75, 3.05) is 0 Å². The van der Waals surface area contributed by atoms with E-state index in [4.69, 9.17) is 9.47 Å². The molecule has 5 rings (SSSR count). The molecule has 0 radical (unpaired) electrons. The van der Waals surface area contributed by atoms with E-state index in [9.17, 15) is 15.0 Å². The Balaban J connectivity index is 1.59. The number of carbonyl (C=O) groups is 1. The van der Waals surface area contributed by atoms with Crippen LogP contribution in [0.25, 0.3) is 0 Å². The number of phenolic OH excluding ortho intramolecular Hbond substituents is 2. The van der Waals surface area contributed by atoms with Gasteiger partial charge in [0.1, 0.15) is 22.8 Å². The van der Waals surface area contributed by atoms with E-state index in [-0.39, 0.29) is 46.2 Å². The lowest BCUT2D eigenvalue weighted by molar-refractivity contribution is -0.234. The average molecular weight is 386 g/mol. The van der Waals surface area contributed by atoms with Gasteiger partial charge in [0.2, 0.25) is 5.79 Å². The molecule has 5 nitrogen and oxygen atoms in total. The Kier molecular flexibility index (Phi) is 4.00. The van der Waals surface area contributed by atoms with Crippen molar-refractivity contribution in [3.8, 4) is 17.2 Å². The molecule has 2 saturated carbocycles. The molecular weight excluding hydrogens is 356 g/mol. The Hall–Kier alpha value is -1.75. The molecule has 1 aromatic rings. The maximum Gasteiger partial charge on any atom is 0.214 e. The molecule has 1 aromatic carbocycles. The lowest BCUT2D eigenvalue weighted by Crippen LogP contribution is -2.50. The summed E-state index contributed by atoms with van der Waals surface area (Å²) in [5.74, 6) is -0.385. The number of ether oxygens (including phenoxy) is 2. The fraction of sp³-hybridized carbons (Fsp3) is 0.696. The van der Waals surface area contributed by atoms with E-state index >= 15 is 0 Å². The van der Waals surface area contributed by atoms with Gasteiger partial charge in [-0.25, -0.2) is 0 Å². The molecule has 152 valence electrons. The number of aromatic hydroxyl groups is 2. The Morgan fingerprint density at radius 2 is 1.86 bits per heavy atom. The summed E-state index contributed by atoms with van der Waals surface area (Å²) < 4.78 is 12.7. The highest BCUT2D eigenvalue weighted by molar-refractivity contribution is 6.03. The summed E-state index contributed by atoms with van der Waals surface area (Å²) in [7, 11) is 0. The van der Waals surface area contributed by atoms with E-state index in [0.717, 1.165) is 57.8 Å². The predicted octanol–water partition coefficient (Wildman–Crippen LogP) is 5.03. The summed E-state index contributed by atoms with van der Waals surface area (Å²) in [6.45, 7) is 4.16. The Morgan fingerprint density at radius 3 is 2.61 bits per heavy atom. The minimum atomic E-state index is -0.673. The molecule has 2 aliphatic heterocycles. The van der Waals surface area contributed by atoms with Gasteiger partial charge in [-0.05, 0) is 46.0 Å². The molecular formula is C23H30O5. The van der Waals surface area contributed by atoms with E-state index in [1.807, 2.05) is 0 Å². The second-order valence-electron chi connectivity index (χ2n) is 9.82. The number of rotatable bonds is 2. The molecule has 5 heteroatoms. The van der Waals surface area contributed by atoms with Crippen molar-refractivity contribution in [2.45, 2.75) is 88.9 Å². The second-order valence-corrected chi connectivity index (χ2v) is 9.82. The highest BCUT2D eigenvalue weighted by Crippen LogP contribution is 2.63. The number of carbonyl (C=O) groups excluding carboxylic acids is 1. The number of fused-ring (bicyclic) bond motifs is 2. The normalized spacial score (nSPS) is 33.6. The third-order valence-electron chi connectivity index (χ3n) is 7.41. The topological polar surface area (TPSA) is 76.0 Å². The summed E-state index contributed by atoms with van der Waals surface area (Å²) in [5, 5.41) is 21.8. The summed E-state index contributed by atoms with van der Waals surface area (Å²) in [6.07, 6.45) is 8.48. The first-order valence-corrected chi connectivity index (χ1v) is 10.8. The van der Waals surface area contributed by atoms with Crippen LogP contribution in [0.1, 0.15) is 93.5 Å². The van der Waals surface area contributed by atoms with Crippen LogP contribution >= 0.6 is 0 Å². The first kappa shape index (κ1) is 18.3. The van der Waals surface area contributed by atoms with Crippen LogP contribution < -0.4 is 4.74 Å². The van der Waals surface area contributed by atoms with Gasteiger partial charge >= 0.3 is 0 Å². The van der Waals surface area contributed by atoms with Gasteiger partial charge < -0.3 is 19.7 Å². The molecule has 2 bridgehead atoms. The van der Waals surface area contributed by atoms with Crippen LogP contribution in [0.2, 0.25) is 0 Å². The lowest BCUT2D eigenvalue weighted by Gasteiger charge is -2.47. The SMILES string of the molecule is CC1(C)C[C@H]2[C@@H]3CCC[C@]2(Oc2cc(O)c(C(=O)C4CCCCC4)c(O)c23)O1. The number of hydrogen-bond acceptors (Lipinski definition) is 5. The zero-order valence-electron chi connectivity index (χ0n) is 16.8. The molecule has 0 spiro atoms. The maximum absolute atomic E-state index is 13.1. The third-order valence-corrected chi connectivity index (χ3v) is 7.41. The van der Waals surface area contributed by atoms with Crippen LogP contribution in [0.3, 0.4) is 0 Å². The summed E-state index contributed by atoms with van der Waals surface area (Å²) >= 11 is 0. The highest BCUT2D eigenvalue weighted by atomic mass is 16.7. The largest absolute Gasteiger partial charge is 0.507 e. The molecule has 3 atom stereocenters. The van der Waals surface area contributed by atoms with Crippen molar-refractivity contribution in [2.24, 2.45) is 11.8 Å². The summed E-state index contributed by atoms with van der Waals surface area (Å²) in [5.41, 5.74) is 0.525. The van der Waals surface area contributed by atoms with E-state index in [1.54, 1.807) is 0 Å². The predicted molar refractivity (Wildman–Crippen MR) is 104 cm³/mol. The van der Waals surface area contributed by atoms with Crippen molar-refractivity contribution in [1.29, 1.82) is 0 Å². The molecule has 1 saturated heterocycles. The van der Waals surface area contributed by atoms with Crippen molar-refractivity contribution in [3.05, 3.63) is 17.2 Å². The van der Waals surface area contributed by atoms with Gasteiger partial charge in [-0.3, -0.25) is 4.79 Å². The fourth-order valence-electron chi connectivity index (χ4n) is 6.31. The molecule has 0 aromatic heterocycles. The van der Waals surface area contributed by atoms with Crippen LogP contribution in [-0.2, 0) is 4.74 Å². The summed E-state index contributed by atoms with van der Waals surface area (Å²) in [6, 6.07) is 1.54. The molecule has 3 fully saturated rings. The Labute approximate surface area is 166 Å². The van der Waals surface area contributed by atoms with E-state index < -0.39 is 5.79 Å². The molecule has 28 heavy (non-hydrogen) atoms. The van der Waals surface area contributed by atoms with Crippen LogP contribution in [-0.4, -0.2) is 27.4 Å². The number of hydrogen-bond donors (Lipinski definition) is 2. The highest BCUT2D eigenvalue weighted by Gasteiger charge is 2.61. The van der Waals surface area contributed by atoms with Crippen molar-refractivity contribution >= 4 is 5.78 Å². The third kappa shape index (κ3) is 2.58. The molecule has 2 aliphatic carbocycles. The number of phenols is 2. The number of Topliss-reactive ketones (excluding diaryl/α,β-unsaturated/α-hetero) is 1. The van der Waals surface area contributed by atoms with Gasteiger partial charge in [-0.2, -0.15) is 0 Å². The zero-order valence-corrected chi connectivity index (χ0v) is 16.8. The minimum absolute atomic E-state index is 0.0595. The van der Waals surface area contributed by atoms with Gasteiger partial charge in [0.05, 0.1) is 5.60 Å². The van der Waals surface area contributed by atoms with Crippen molar-refractivity contribution < 1.29 is 24.5 Å². The standard InChI is InChI=1S/C23H30O5/c1-22(2)12-15-14-9-6-10-23(15,28-22)27-17-11-16(24)19(21(26)18(14)17)20(25)13-7-4-3-5-8-13/h11,13-15,24,26H,3-10,12H2,1-2H3/t14-,15-,23-/m0/s1. The quantitative estimate of drug-likeness (QED) is 0.697. The van der Waals surface area contributed by atoms with Crippen LogP contribution in [0, 0.1) is 11.8 Å². The maximum atomic E-state index is 13.1. The lowest BCUT2D eigenvalue weighted by atomic mass is 9.67. The van der Waals surface area contributed by atoms with Crippen molar-refractivity contribution in [1.82, 2.24) is 0 Å². The Morgan fingerprint density at radius 1 is 1.11 bits per heavy atom. The van der Waals surface area contributed by atoms with Gasteiger partial charge in [-0.1, -0.05) is 19.3 Å². The first-order chi connectivity index (χ1) is 13.3. The van der Waals surface area contributed by atoms with Crippen LogP contribution in [0.5, 0.6) is 17.2 Å². The molecule has 0 unspecified atom stereocenters. The average Bonchev–Trinajstić information content (AvgIpc) is 2.92. The van der Waals surface area contributed by atoms with E-state index in [1.165, 1.54) is 6.07 Å². The van der Waals surface area contributed by atoms with Gasteiger partial charge in [0.15, 0.2) is 5.78 Å². The van der Waals surface area contributed by atoms with Gasteiger partial charge in [0, 0.05) is 35.8 Å². The number of benzene rings is 1. The smallest absolute Gasteiger partial charge is 0.214 e. The van der Waals surface area contributed by atoms with E-state index in [2.05, 4.69) is 13.8 Å². The van der Waals surface area contributed by atoms with Gasteiger partial charge in [0.25, 0.3) is 0 Å². The zero-order chi connectivity index (χ0) is 19.7. The summed E-state index contributed by atoms with van der Waals surface area (Å²) in [4.78, 5) is 13.1. The van der Waals surface area contributed by atoms with Gasteiger partial charge in [-0.15, -0.1) is 0 Å². The molecule has 2 heterocycles. The molecule has 4 aliphatic rings. The Bertz CT molecular complexity index is 823. The number of ketones is 1. The van der Waals surface area contributed by atoms with Crippen molar-refractivity contribution in [3.63, 3.8) is 0 Å². The second kappa shape index (κ2) is 6.12. The van der Waals surface area contributed by atoms with Crippen LogP contribution in [0.15, 0.2) is 6.07 Å². The monoisotopic (exact) mass is 386 g/mol.